The molecule has 4 aromatic rings. The molecule has 2 aromatic heterocycles. The number of anilines is 4. The van der Waals surface area contributed by atoms with Crippen LogP contribution >= 0.6 is 0 Å². The molecule has 1 N–H and O–H groups in total. The second-order valence-electron chi connectivity index (χ2n) is 7.11. The summed E-state index contributed by atoms with van der Waals surface area (Å²) in [6.45, 7) is 6.21. The van der Waals surface area contributed by atoms with E-state index in [1.54, 1.807) is 6.20 Å². The van der Waals surface area contributed by atoms with E-state index in [0.717, 1.165) is 34.1 Å². The van der Waals surface area contributed by atoms with E-state index in [0.29, 0.717) is 5.95 Å². The summed E-state index contributed by atoms with van der Waals surface area (Å²) in [5.41, 5.74) is 6.60. The first-order chi connectivity index (χ1) is 13.4. The van der Waals surface area contributed by atoms with E-state index in [1.165, 1.54) is 11.1 Å². The van der Waals surface area contributed by atoms with Crippen LogP contribution in [0.2, 0.25) is 0 Å². The maximum atomic E-state index is 4.68. The van der Waals surface area contributed by atoms with Crippen LogP contribution in [0, 0.1) is 20.8 Å². The smallest absolute Gasteiger partial charge is 0.229 e. The quantitative estimate of drug-likeness (QED) is 0.558. The zero-order chi connectivity index (χ0) is 19.8. The third kappa shape index (κ3) is 3.29. The fourth-order valence-electron chi connectivity index (χ4n) is 3.19. The molecule has 28 heavy (non-hydrogen) atoms. The van der Waals surface area contributed by atoms with Crippen molar-refractivity contribution in [2.75, 3.05) is 17.3 Å². The first kappa shape index (κ1) is 18.0. The van der Waals surface area contributed by atoms with Crippen molar-refractivity contribution in [1.29, 1.82) is 0 Å². The third-order valence-corrected chi connectivity index (χ3v) is 5.22. The van der Waals surface area contributed by atoms with Gasteiger partial charge in [-0.1, -0.05) is 6.07 Å². The van der Waals surface area contributed by atoms with E-state index >= 15 is 0 Å². The Kier molecular flexibility index (Phi) is 4.47. The van der Waals surface area contributed by atoms with E-state index < -0.39 is 0 Å². The predicted octanol–water partition coefficient (Wildman–Crippen LogP) is 4.80. The van der Waals surface area contributed by atoms with Gasteiger partial charge < -0.3 is 14.8 Å². The first-order valence-corrected chi connectivity index (χ1v) is 9.26. The summed E-state index contributed by atoms with van der Waals surface area (Å²) in [6, 6.07) is 14.4. The summed E-state index contributed by atoms with van der Waals surface area (Å²) in [5.74, 6) is 2.38. The molecule has 6 heteroatoms. The highest BCUT2D eigenvalue weighted by Gasteiger charge is 2.11. The summed E-state index contributed by atoms with van der Waals surface area (Å²) in [5, 5.41) is 3.29. The molecule has 142 valence electrons. The number of benzene rings is 2. The van der Waals surface area contributed by atoms with Gasteiger partial charge >= 0.3 is 0 Å². The molecule has 6 nitrogen and oxygen atoms in total. The van der Waals surface area contributed by atoms with Gasteiger partial charge in [0, 0.05) is 31.7 Å². The standard InChI is InChI=1S/C22H24N6/c1-14-6-7-17(12-15(14)2)25-22-23-11-10-21(26-22)28(5)18-8-9-20-19(13-18)24-16(3)27(20)4/h6-13H,1-5H3,(H,23,25,26). The average molecular weight is 372 g/mol. The molecular formula is C22H24N6. The number of aryl methyl sites for hydroxylation is 4. The van der Waals surface area contributed by atoms with Crippen molar-refractivity contribution in [3.8, 4) is 0 Å². The van der Waals surface area contributed by atoms with Gasteiger partial charge in [0.1, 0.15) is 11.6 Å². The molecule has 0 aliphatic carbocycles. The van der Waals surface area contributed by atoms with Crippen molar-refractivity contribution < 1.29 is 0 Å². The second kappa shape index (κ2) is 6.96. The zero-order valence-electron chi connectivity index (χ0n) is 16.9. The lowest BCUT2D eigenvalue weighted by Crippen LogP contribution is -2.12. The molecule has 0 saturated heterocycles. The average Bonchev–Trinajstić information content (AvgIpc) is 2.98. The summed E-state index contributed by atoms with van der Waals surface area (Å²) < 4.78 is 2.09. The number of nitrogens with one attached hydrogen (secondary N) is 1. The Labute approximate surface area is 164 Å². The van der Waals surface area contributed by atoms with Crippen LogP contribution in [-0.4, -0.2) is 26.6 Å². The van der Waals surface area contributed by atoms with Crippen molar-refractivity contribution in [3.63, 3.8) is 0 Å². The molecule has 0 unspecified atom stereocenters. The fraction of sp³-hybridized carbons (Fsp3) is 0.227. The highest BCUT2D eigenvalue weighted by molar-refractivity contribution is 5.81. The molecule has 0 fully saturated rings. The van der Waals surface area contributed by atoms with Crippen LogP contribution in [0.5, 0.6) is 0 Å². The highest BCUT2D eigenvalue weighted by Crippen LogP contribution is 2.27. The third-order valence-electron chi connectivity index (χ3n) is 5.22. The van der Waals surface area contributed by atoms with Gasteiger partial charge in [-0.25, -0.2) is 9.97 Å². The Morgan fingerprint density at radius 2 is 1.75 bits per heavy atom. The maximum absolute atomic E-state index is 4.68. The molecule has 0 atom stereocenters. The number of nitrogens with zero attached hydrogens (tertiary/aromatic N) is 5. The van der Waals surface area contributed by atoms with Gasteiger partial charge in [-0.2, -0.15) is 4.98 Å². The minimum atomic E-state index is 0.572. The lowest BCUT2D eigenvalue weighted by atomic mass is 10.1. The summed E-state index contributed by atoms with van der Waals surface area (Å²) in [4.78, 5) is 15.7. The normalized spacial score (nSPS) is 11.0. The van der Waals surface area contributed by atoms with Gasteiger partial charge in [0.15, 0.2) is 0 Å². The van der Waals surface area contributed by atoms with E-state index in [9.17, 15) is 0 Å². The van der Waals surface area contributed by atoms with E-state index in [-0.39, 0.29) is 0 Å². The molecule has 4 rings (SSSR count). The molecule has 0 bridgehead atoms. The second-order valence-corrected chi connectivity index (χ2v) is 7.11. The van der Waals surface area contributed by atoms with Crippen molar-refractivity contribution in [2.45, 2.75) is 20.8 Å². The van der Waals surface area contributed by atoms with Crippen LogP contribution in [0.15, 0.2) is 48.7 Å². The summed E-state index contributed by atoms with van der Waals surface area (Å²) >= 11 is 0. The monoisotopic (exact) mass is 372 g/mol. The molecule has 0 aliphatic heterocycles. The van der Waals surface area contributed by atoms with E-state index in [4.69, 9.17) is 0 Å². The van der Waals surface area contributed by atoms with Gasteiger partial charge in [0.05, 0.1) is 11.0 Å². The number of fused-ring (bicyclic) bond motifs is 1. The Balaban J connectivity index is 1.62. The number of rotatable bonds is 4. The Morgan fingerprint density at radius 1 is 0.929 bits per heavy atom. The van der Waals surface area contributed by atoms with Crippen LogP contribution in [0.25, 0.3) is 11.0 Å². The Morgan fingerprint density at radius 3 is 2.54 bits per heavy atom. The molecule has 2 heterocycles. The fourth-order valence-corrected chi connectivity index (χ4v) is 3.19. The SMILES string of the molecule is Cc1ccc(Nc2nccc(N(C)c3ccc4c(c3)nc(C)n4C)n2)cc1C. The molecule has 0 radical (unpaired) electrons. The number of hydrogen-bond donors (Lipinski definition) is 1. The van der Waals surface area contributed by atoms with Gasteiger partial charge in [-0.05, 0) is 68.3 Å². The van der Waals surface area contributed by atoms with E-state index in [2.05, 4.69) is 69.0 Å². The van der Waals surface area contributed by atoms with Crippen molar-refractivity contribution in [3.05, 3.63) is 65.6 Å². The zero-order valence-corrected chi connectivity index (χ0v) is 16.9. The Bertz CT molecular complexity index is 1160. The van der Waals surface area contributed by atoms with Crippen molar-refractivity contribution >= 4 is 34.2 Å². The molecule has 2 aromatic carbocycles. The Hall–Kier alpha value is -3.41. The number of hydrogen-bond acceptors (Lipinski definition) is 5. The first-order valence-electron chi connectivity index (χ1n) is 9.26. The van der Waals surface area contributed by atoms with Crippen LogP contribution < -0.4 is 10.2 Å². The van der Waals surface area contributed by atoms with Crippen LogP contribution in [0.3, 0.4) is 0 Å². The van der Waals surface area contributed by atoms with Gasteiger partial charge in [-0.15, -0.1) is 0 Å². The lowest BCUT2D eigenvalue weighted by molar-refractivity contribution is 0.886. The van der Waals surface area contributed by atoms with Crippen LogP contribution in [0.4, 0.5) is 23.1 Å². The molecule has 0 amide bonds. The van der Waals surface area contributed by atoms with Crippen molar-refractivity contribution in [2.24, 2.45) is 7.05 Å². The topological polar surface area (TPSA) is 58.9 Å². The van der Waals surface area contributed by atoms with Gasteiger partial charge in [-0.3, -0.25) is 0 Å². The minimum absolute atomic E-state index is 0.572. The molecule has 0 spiro atoms. The number of imidazole rings is 1. The van der Waals surface area contributed by atoms with Gasteiger partial charge in [0.2, 0.25) is 5.95 Å². The summed E-state index contributed by atoms with van der Waals surface area (Å²) in [7, 11) is 4.03. The van der Waals surface area contributed by atoms with Crippen molar-refractivity contribution in [1.82, 2.24) is 19.5 Å². The predicted molar refractivity (Wildman–Crippen MR) is 115 cm³/mol. The maximum Gasteiger partial charge on any atom is 0.229 e. The number of aromatic nitrogens is 4. The van der Waals surface area contributed by atoms with Crippen LogP contribution in [-0.2, 0) is 7.05 Å². The molecular weight excluding hydrogens is 348 g/mol. The van der Waals surface area contributed by atoms with E-state index in [1.807, 2.05) is 38.1 Å². The van der Waals surface area contributed by atoms with Gasteiger partial charge in [0.25, 0.3) is 0 Å². The van der Waals surface area contributed by atoms with Crippen LogP contribution in [0.1, 0.15) is 17.0 Å². The minimum Gasteiger partial charge on any atom is -0.331 e. The largest absolute Gasteiger partial charge is 0.331 e. The molecule has 0 saturated carbocycles. The summed E-state index contributed by atoms with van der Waals surface area (Å²) in [6.07, 6.45) is 1.77. The lowest BCUT2D eigenvalue weighted by Gasteiger charge is -2.19. The highest BCUT2D eigenvalue weighted by atomic mass is 15.2. The molecule has 0 aliphatic rings.